The molecule has 4 rings (SSSR count). The number of fused-ring (bicyclic) bond motifs is 1. The highest BCUT2D eigenvalue weighted by Crippen LogP contribution is 2.41. The van der Waals surface area contributed by atoms with Gasteiger partial charge in [-0.25, -0.2) is 4.79 Å². The molecule has 0 aliphatic carbocycles. The van der Waals surface area contributed by atoms with Crippen molar-refractivity contribution in [1.29, 1.82) is 0 Å². The molecule has 0 bridgehead atoms. The van der Waals surface area contributed by atoms with Crippen molar-refractivity contribution in [2.45, 2.75) is 44.2 Å². The molecular formula is C25H28N2O9S2. The summed E-state index contributed by atoms with van der Waals surface area (Å²) in [5.41, 5.74) is 0.390. The van der Waals surface area contributed by atoms with Crippen molar-refractivity contribution in [3.63, 3.8) is 0 Å². The summed E-state index contributed by atoms with van der Waals surface area (Å²) in [6, 6.07) is 9.24. The molecule has 1 aromatic heterocycles. The Morgan fingerprint density at radius 3 is 2.63 bits per heavy atom. The van der Waals surface area contributed by atoms with Gasteiger partial charge in [-0.1, -0.05) is 25.5 Å². The molecule has 2 aliphatic rings. The monoisotopic (exact) mass is 564 g/mol. The summed E-state index contributed by atoms with van der Waals surface area (Å²) in [7, 11) is -2.46. The predicted octanol–water partition coefficient (Wildman–Crippen LogP) is 2.33. The Bertz CT molecular complexity index is 1300. The molecule has 0 spiro atoms. The van der Waals surface area contributed by atoms with E-state index in [0.29, 0.717) is 29.9 Å². The quantitative estimate of drug-likeness (QED) is 0.232. The number of ether oxygens (including phenoxy) is 2. The van der Waals surface area contributed by atoms with E-state index in [1.54, 1.807) is 36.4 Å². The lowest BCUT2D eigenvalue weighted by atomic mass is 10.0. The highest BCUT2D eigenvalue weighted by atomic mass is 32.2. The third-order valence-electron chi connectivity index (χ3n) is 5.86. The zero-order chi connectivity index (χ0) is 27.3. The van der Waals surface area contributed by atoms with Gasteiger partial charge in [-0.3, -0.25) is 14.5 Å². The number of thioether (sulfide) groups is 1. The van der Waals surface area contributed by atoms with Crippen LogP contribution in [-0.2, 0) is 46.4 Å². The molecule has 204 valence electrons. The number of rotatable bonds is 12. The Kier molecular flexibility index (Phi) is 8.67. The van der Waals surface area contributed by atoms with Crippen LogP contribution in [0.2, 0.25) is 0 Å². The van der Waals surface area contributed by atoms with E-state index >= 15 is 0 Å². The number of amides is 2. The van der Waals surface area contributed by atoms with Crippen molar-refractivity contribution in [2.24, 2.45) is 0 Å². The van der Waals surface area contributed by atoms with Crippen LogP contribution < -0.4 is 10.1 Å². The van der Waals surface area contributed by atoms with E-state index in [1.165, 1.54) is 25.1 Å². The second-order valence-electron chi connectivity index (χ2n) is 8.61. The Hall–Kier alpha value is -3.45. The Morgan fingerprint density at radius 1 is 1.21 bits per heavy atom. The molecule has 2 aromatic rings. The third-order valence-corrected chi connectivity index (χ3v) is 8.36. The molecule has 2 amide bonds. The lowest BCUT2D eigenvalue weighted by Crippen LogP contribution is -2.70. The molecule has 13 heteroatoms. The largest absolute Gasteiger partial charge is 0.497 e. The second-order valence-corrected chi connectivity index (χ2v) is 11.4. The zero-order valence-electron chi connectivity index (χ0n) is 20.9. The minimum atomic E-state index is -3.99. The minimum absolute atomic E-state index is 0.00265. The first-order valence-electron chi connectivity index (χ1n) is 11.9. The second kappa shape index (κ2) is 11.9. The number of hydrogen-bond acceptors (Lipinski definition) is 10. The first-order valence-corrected chi connectivity index (χ1v) is 14.6. The van der Waals surface area contributed by atoms with Gasteiger partial charge in [0.2, 0.25) is 5.91 Å². The van der Waals surface area contributed by atoms with E-state index in [1.807, 2.05) is 6.92 Å². The molecule has 1 fully saturated rings. The van der Waals surface area contributed by atoms with E-state index < -0.39 is 39.3 Å². The number of unbranched alkanes of at least 4 members (excludes halogenated alkanes) is 1. The number of furan rings is 1. The van der Waals surface area contributed by atoms with Gasteiger partial charge in [-0.15, -0.1) is 11.8 Å². The fraction of sp³-hybridized carbons (Fsp3) is 0.400. The van der Waals surface area contributed by atoms with Gasteiger partial charge in [0.15, 0.2) is 11.5 Å². The summed E-state index contributed by atoms with van der Waals surface area (Å²) < 4.78 is 46.1. The third kappa shape index (κ3) is 6.33. The van der Waals surface area contributed by atoms with Crippen LogP contribution in [0.15, 0.2) is 58.5 Å². The lowest BCUT2D eigenvalue weighted by molar-refractivity contribution is -0.153. The van der Waals surface area contributed by atoms with Crippen molar-refractivity contribution in [3.05, 3.63) is 65.4 Å². The van der Waals surface area contributed by atoms with Crippen LogP contribution in [-0.4, -0.2) is 61.1 Å². The van der Waals surface area contributed by atoms with Gasteiger partial charge in [0, 0.05) is 0 Å². The van der Waals surface area contributed by atoms with Crippen LogP contribution in [0.4, 0.5) is 0 Å². The highest BCUT2D eigenvalue weighted by molar-refractivity contribution is 8.00. The van der Waals surface area contributed by atoms with E-state index in [9.17, 15) is 22.8 Å². The molecule has 11 nitrogen and oxygen atoms in total. The molecular weight excluding hydrogens is 536 g/mol. The summed E-state index contributed by atoms with van der Waals surface area (Å²) in [6.07, 6.45) is 2.42. The summed E-state index contributed by atoms with van der Waals surface area (Å²) in [5, 5.41) is 2.04. The van der Waals surface area contributed by atoms with Gasteiger partial charge in [0.05, 0.1) is 31.3 Å². The van der Waals surface area contributed by atoms with Crippen molar-refractivity contribution in [1.82, 2.24) is 10.2 Å². The topological polar surface area (TPSA) is 141 Å². The fourth-order valence-corrected chi connectivity index (χ4v) is 6.39. The van der Waals surface area contributed by atoms with Crippen LogP contribution in [0.25, 0.3) is 0 Å². The number of hydrogen-bond donors (Lipinski definition) is 1. The minimum Gasteiger partial charge on any atom is -0.497 e. The number of benzene rings is 1. The van der Waals surface area contributed by atoms with Gasteiger partial charge in [-0.05, 0) is 36.2 Å². The smallest absolute Gasteiger partial charge is 0.359 e. The fourth-order valence-electron chi connectivity index (χ4n) is 3.90. The van der Waals surface area contributed by atoms with Crippen molar-refractivity contribution in [2.75, 3.05) is 18.6 Å². The molecule has 1 saturated heterocycles. The van der Waals surface area contributed by atoms with E-state index in [4.69, 9.17) is 18.1 Å². The normalized spacial score (nSPS) is 18.9. The van der Waals surface area contributed by atoms with E-state index in [2.05, 4.69) is 5.32 Å². The number of methoxy groups -OCH3 is 1. The molecule has 1 N–H and O–H groups in total. The molecule has 0 radical (unpaired) electrons. The Morgan fingerprint density at radius 2 is 1.97 bits per heavy atom. The van der Waals surface area contributed by atoms with Gasteiger partial charge in [0.25, 0.3) is 5.91 Å². The van der Waals surface area contributed by atoms with Crippen LogP contribution in [0.1, 0.15) is 31.1 Å². The first-order chi connectivity index (χ1) is 18.2. The first kappa shape index (κ1) is 27.6. The van der Waals surface area contributed by atoms with Crippen LogP contribution in [0, 0.1) is 0 Å². The van der Waals surface area contributed by atoms with Gasteiger partial charge in [0.1, 0.15) is 29.5 Å². The van der Waals surface area contributed by atoms with E-state index in [0.717, 1.165) is 4.90 Å². The number of carbonyl (C=O) groups excluding carboxylic acids is 3. The van der Waals surface area contributed by atoms with E-state index in [-0.39, 0.29) is 36.0 Å². The summed E-state index contributed by atoms with van der Waals surface area (Å²) in [6.45, 7) is 1.72. The molecule has 1 aromatic carbocycles. The van der Waals surface area contributed by atoms with Crippen molar-refractivity contribution >= 4 is 39.7 Å². The number of nitrogens with zero attached hydrogens (tertiary/aromatic N) is 1. The molecule has 3 heterocycles. The van der Waals surface area contributed by atoms with Gasteiger partial charge >= 0.3 is 16.1 Å². The molecule has 38 heavy (non-hydrogen) atoms. The Labute approximate surface area is 224 Å². The van der Waals surface area contributed by atoms with Crippen LogP contribution in [0.3, 0.4) is 0 Å². The van der Waals surface area contributed by atoms with Crippen molar-refractivity contribution < 1.29 is 40.9 Å². The molecule has 1 unspecified atom stereocenters. The number of β-lactam (4-membered cyclic amide) rings is 1. The maximum Gasteiger partial charge on any atom is 0.359 e. The summed E-state index contributed by atoms with van der Waals surface area (Å²) in [5.74, 6) is -1.22. The lowest BCUT2D eigenvalue weighted by Gasteiger charge is -2.49. The predicted molar refractivity (Wildman–Crippen MR) is 137 cm³/mol. The van der Waals surface area contributed by atoms with Gasteiger partial charge in [-0.2, -0.15) is 8.42 Å². The van der Waals surface area contributed by atoms with Crippen molar-refractivity contribution in [3.8, 4) is 5.75 Å². The van der Waals surface area contributed by atoms with Crippen LogP contribution >= 0.6 is 11.8 Å². The summed E-state index contributed by atoms with van der Waals surface area (Å²) in [4.78, 5) is 39.9. The SMILES string of the molecule is CCCCS(=O)(=O)OC1=C(C(=O)OCc2ccc(OC)cc2)N2C(=O)C(NC(=O)Cc3ccco3)[C@H]2SC1. The maximum absolute atomic E-state index is 13.2. The number of esters is 1. The molecule has 2 aliphatic heterocycles. The standard InChI is InChI=1S/C25H28N2O9S2/c1-3-4-12-38(31,32)36-19-15-37-24-21(26-20(28)13-18-6-5-11-34-18)23(29)27(24)22(19)25(30)35-14-16-7-9-17(33-2)10-8-16/h5-11,21,24H,3-4,12-15H2,1-2H3,(H,26,28)/t21?,24-/m1/s1. The number of nitrogens with one attached hydrogen (secondary N) is 1. The number of carbonyl (C=O) groups is 3. The molecule has 0 saturated carbocycles. The zero-order valence-corrected chi connectivity index (χ0v) is 22.5. The average molecular weight is 565 g/mol. The highest BCUT2D eigenvalue weighted by Gasteiger charge is 2.55. The van der Waals surface area contributed by atoms with Crippen LogP contribution in [0.5, 0.6) is 5.75 Å². The maximum atomic E-state index is 13.2. The van der Waals surface area contributed by atoms with Gasteiger partial charge < -0.3 is 23.4 Å². The molecule has 2 atom stereocenters. The summed E-state index contributed by atoms with van der Waals surface area (Å²) >= 11 is 1.19. The average Bonchev–Trinajstić information content (AvgIpc) is 3.42. The Balaban J connectivity index is 1.52.